The molecule has 0 aliphatic carbocycles. The Morgan fingerprint density at radius 3 is 2.33 bits per heavy atom. The molecule has 3 heteroatoms. The van der Waals surface area contributed by atoms with Crippen molar-refractivity contribution in [3.05, 3.63) is 65.7 Å². The summed E-state index contributed by atoms with van der Waals surface area (Å²) in [4.78, 5) is 0. The summed E-state index contributed by atoms with van der Waals surface area (Å²) in [5.74, 6) is 0.886. The summed E-state index contributed by atoms with van der Waals surface area (Å²) < 4.78 is 11.1. The monoisotopic (exact) mass is 285 g/mol. The average Bonchev–Trinajstić information content (AvgIpc) is 2.53. The Kier molecular flexibility index (Phi) is 6.25. The summed E-state index contributed by atoms with van der Waals surface area (Å²) in [6, 6.07) is 18.3. The third kappa shape index (κ3) is 5.58. The van der Waals surface area contributed by atoms with Gasteiger partial charge in [0.25, 0.3) is 0 Å². The lowest BCUT2D eigenvalue weighted by atomic mass is 10.1. The molecule has 0 saturated carbocycles. The van der Waals surface area contributed by atoms with Crippen LogP contribution in [0, 0.1) is 0 Å². The average molecular weight is 285 g/mol. The van der Waals surface area contributed by atoms with Crippen molar-refractivity contribution in [3.8, 4) is 5.75 Å². The lowest BCUT2D eigenvalue weighted by Crippen LogP contribution is -2.24. The maximum absolute atomic E-state index is 5.83. The third-order valence-corrected chi connectivity index (χ3v) is 3.27. The quantitative estimate of drug-likeness (QED) is 0.755. The van der Waals surface area contributed by atoms with Gasteiger partial charge in [0.2, 0.25) is 0 Å². The molecule has 0 bridgehead atoms. The van der Waals surface area contributed by atoms with E-state index in [0.29, 0.717) is 13.2 Å². The minimum atomic E-state index is -0.177. The van der Waals surface area contributed by atoms with Crippen LogP contribution in [0.2, 0.25) is 0 Å². The van der Waals surface area contributed by atoms with E-state index < -0.39 is 0 Å². The molecule has 0 aliphatic heterocycles. The molecule has 0 radical (unpaired) electrons. The number of rotatable bonds is 8. The zero-order chi connectivity index (χ0) is 14.9. The lowest BCUT2D eigenvalue weighted by molar-refractivity contribution is 0.0619. The van der Waals surface area contributed by atoms with Crippen molar-refractivity contribution >= 4 is 0 Å². The molecule has 0 aromatic heterocycles. The molecule has 112 valence electrons. The number of hydrogen-bond donors (Lipinski definition) is 1. The Hall–Kier alpha value is -1.84. The standard InChI is InChI=1S/C18H23NO2/c1-2-20-18(19)13-10-15-8-11-17(12-9-15)21-14-16-6-4-3-5-7-16/h3-9,11-12,18H,2,10,13-14,19H2,1H3. The Balaban J connectivity index is 1.79. The predicted molar refractivity (Wildman–Crippen MR) is 85.1 cm³/mol. The SMILES string of the molecule is CCOC(N)CCc1ccc(OCc2ccccc2)cc1. The zero-order valence-corrected chi connectivity index (χ0v) is 12.5. The molecule has 0 spiro atoms. The van der Waals surface area contributed by atoms with Crippen molar-refractivity contribution in [2.24, 2.45) is 5.73 Å². The van der Waals surface area contributed by atoms with Crippen LogP contribution < -0.4 is 10.5 Å². The summed E-state index contributed by atoms with van der Waals surface area (Å²) in [5, 5.41) is 0. The van der Waals surface area contributed by atoms with Gasteiger partial charge in [0.15, 0.2) is 0 Å². The van der Waals surface area contributed by atoms with Crippen molar-refractivity contribution < 1.29 is 9.47 Å². The van der Waals surface area contributed by atoms with E-state index in [4.69, 9.17) is 15.2 Å². The molecule has 21 heavy (non-hydrogen) atoms. The summed E-state index contributed by atoms with van der Waals surface area (Å²) in [6.07, 6.45) is 1.57. The minimum Gasteiger partial charge on any atom is -0.489 e. The van der Waals surface area contributed by atoms with Gasteiger partial charge < -0.3 is 15.2 Å². The first-order chi connectivity index (χ1) is 10.3. The highest BCUT2D eigenvalue weighted by Crippen LogP contribution is 2.15. The topological polar surface area (TPSA) is 44.5 Å². The molecule has 1 atom stereocenters. The molecule has 0 aliphatic rings. The summed E-state index contributed by atoms with van der Waals surface area (Å²) in [5.41, 5.74) is 8.25. The van der Waals surface area contributed by atoms with Crippen molar-refractivity contribution in [1.82, 2.24) is 0 Å². The van der Waals surface area contributed by atoms with Crippen LogP contribution in [-0.2, 0) is 17.8 Å². The number of nitrogens with two attached hydrogens (primary N) is 1. The number of aryl methyl sites for hydroxylation is 1. The maximum Gasteiger partial charge on any atom is 0.119 e. The normalized spacial score (nSPS) is 12.1. The van der Waals surface area contributed by atoms with Gasteiger partial charge in [-0.3, -0.25) is 0 Å². The molecular formula is C18H23NO2. The van der Waals surface area contributed by atoms with Crippen LogP contribution in [0.1, 0.15) is 24.5 Å². The smallest absolute Gasteiger partial charge is 0.119 e. The van der Waals surface area contributed by atoms with E-state index in [9.17, 15) is 0 Å². The van der Waals surface area contributed by atoms with Gasteiger partial charge in [-0.1, -0.05) is 42.5 Å². The van der Waals surface area contributed by atoms with Gasteiger partial charge in [0, 0.05) is 6.61 Å². The van der Waals surface area contributed by atoms with E-state index in [0.717, 1.165) is 18.6 Å². The zero-order valence-electron chi connectivity index (χ0n) is 12.5. The van der Waals surface area contributed by atoms with Gasteiger partial charge in [-0.15, -0.1) is 0 Å². The Morgan fingerprint density at radius 2 is 1.67 bits per heavy atom. The lowest BCUT2D eigenvalue weighted by Gasteiger charge is -2.11. The summed E-state index contributed by atoms with van der Waals surface area (Å²) >= 11 is 0. The summed E-state index contributed by atoms with van der Waals surface area (Å²) in [7, 11) is 0. The van der Waals surface area contributed by atoms with Crippen LogP contribution >= 0.6 is 0 Å². The molecule has 3 nitrogen and oxygen atoms in total. The molecular weight excluding hydrogens is 262 g/mol. The van der Waals surface area contributed by atoms with Gasteiger partial charge >= 0.3 is 0 Å². The first-order valence-corrected chi connectivity index (χ1v) is 7.41. The van der Waals surface area contributed by atoms with E-state index in [2.05, 4.69) is 24.3 Å². The van der Waals surface area contributed by atoms with E-state index in [-0.39, 0.29) is 6.23 Å². The Labute approximate surface area is 126 Å². The van der Waals surface area contributed by atoms with Crippen LogP contribution in [0.25, 0.3) is 0 Å². The highest BCUT2D eigenvalue weighted by atomic mass is 16.5. The van der Waals surface area contributed by atoms with E-state index in [1.54, 1.807) is 0 Å². The highest BCUT2D eigenvalue weighted by Gasteiger charge is 2.02. The predicted octanol–water partition coefficient (Wildman–Crippen LogP) is 3.52. The van der Waals surface area contributed by atoms with Gasteiger partial charge in [-0.2, -0.15) is 0 Å². The first-order valence-electron chi connectivity index (χ1n) is 7.41. The van der Waals surface area contributed by atoms with Crippen molar-refractivity contribution in [2.75, 3.05) is 6.61 Å². The molecule has 1 unspecified atom stereocenters. The van der Waals surface area contributed by atoms with Crippen LogP contribution in [-0.4, -0.2) is 12.8 Å². The molecule has 2 N–H and O–H groups in total. The number of benzene rings is 2. The van der Waals surface area contributed by atoms with Gasteiger partial charge in [-0.05, 0) is 43.0 Å². The molecule has 0 fully saturated rings. The molecule has 2 rings (SSSR count). The number of hydrogen-bond acceptors (Lipinski definition) is 3. The van der Waals surface area contributed by atoms with Crippen molar-refractivity contribution in [3.63, 3.8) is 0 Å². The minimum absolute atomic E-state index is 0.177. The number of ether oxygens (including phenoxy) is 2. The fraction of sp³-hybridized carbons (Fsp3) is 0.333. The van der Waals surface area contributed by atoms with Gasteiger partial charge in [0.1, 0.15) is 18.6 Å². The largest absolute Gasteiger partial charge is 0.489 e. The Morgan fingerprint density at radius 1 is 0.952 bits per heavy atom. The van der Waals surface area contributed by atoms with Crippen LogP contribution in [0.3, 0.4) is 0 Å². The van der Waals surface area contributed by atoms with Crippen LogP contribution in [0.15, 0.2) is 54.6 Å². The summed E-state index contributed by atoms with van der Waals surface area (Å²) in [6.45, 7) is 3.21. The Bertz CT molecular complexity index is 511. The van der Waals surface area contributed by atoms with E-state index >= 15 is 0 Å². The fourth-order valence-corrected chi connectivity index (χ4v) is 2.10. The van der Waals surface area contributed by atoms with Gasteiger partial charge in [0.05, 0.1) is 0 Å². The third-order valence-electron chi connectivity index (χ3n) is 3.27. The molecule has 0 saturated heterocycles. The van der Waals surface area contributed by atoms with Crippen LogP contribution in [0.5, 0.6) is 5.75 Å². The van der Waals surface area contributed by atoms with E-state index in [1.165, 1.54) is 11.1 Å². The maximum atomic E-state index is 5.83. The highest BCUT2D eigenvalue weighted by molar-refractivity contribution is 5.28. The van der Waals surface area contributed by atoms with Crippen molar-refractivity contribution in [1.29, 1.82) is 0 Å². The molecule has 2 aromatic rings. The van der Waals surface area contributed by atoms with Crippen molar-refractivity contribution in [2.45, 2.75) is 32.6 Å². The second-order valence-electron chi connectivity index (χ2n) is 4.95. The second-order valence-corrected chi connectivity index (χ2v) is 4.95. The van der Waals surface area contributed by atoms with E-state index in [1.807, 2.05) is 37.3 Å². The van der Waals surface area contributed by atoms with Crippen LogP contribution in [0.4, 0.5) is 0 Å². The first kappa shape index (κ1) is 15.5. The van der Waals surface area contributed by atoms with Gasteiger partial charge in [-0.25, -0.2) is 0 Å². The molecule has 0 amide bonds. The second kappa shape index (κ2) is 8.45. The molecule has 2 aromatic carbocycles. The molecule has 0 heterocycles. The fourth-order valence-electron chi connectivity index (χ4n) is 2.10.